The molecule has 0 saturated heterocycles. The minimum absolute atomic E-state index is 0.206. The predicted octanol–water partition coefficient (Wildman–Crippen LogP) is 0.0987. The van der Waals surface area contributed by atoms with Crippen molar-refractivity contribution in [2.24, 2.45) is 5.73 Å². The Bertz CT molecular complexity index is 319. The fraction of sp³-hybridized carbons (Fsp3) is 0.727. The average Bonchev–Trinajstić information content (AvgIpc) is 2.30. The first-order valence-corrected chi connectivity index (χ1v) is 5.89. The zero-order valence-corrected chi connectivity index (χ0v) is 11.0. The molecule has 3 N–H and O–H groups in total. The minimum atomic E-state index is -1.08. The summed E-state index contributed by atoms with van der Waals surface area (Å²) in [5, 5.41) is 8.81. The number of carboxylic acids is 1. The van der Waals surface area contributed by atoms with Crippen LogP contribution in [0.1, 0.15) is 27.2 Å². The topological polar surface area (TPSA) is 104 Å². The maximum Gasteiger partial charge on any atom is 0.323 e. The van der Waals surface area contributed by atoms with Gasteiger partial charge in [-0.2, -0.15) is 0 Å². The Kier molecular flexibility index (Phi) is 6.77. The molecule has 0 rings (SSSR count). The Balaban J connectivity index is 4.90. The zero-order chi connectivity index (χ0) is 14.3. The van der Waals surface area contributed by atoms with Crippen molar-refractivity contribution in [3.63, 3.8) is 0 Å². The van der Waals surface area contributed by atoms with Gasteiger partial charge in [-0.05, 0) is 20.3 Å². The minimum Gasteiger partial charge on any atom is -0.480 e. The number of aliphatic carboxylic acids is 1. The summed E-state index contributed by atoms with van der Waals surface area (Å²) in [7, 11) is 0. The molecule has 18 heavy (non-hydrogen) atoms. The van der Waals surface area contributed by atoms with Crippen LogP contribution in [0.4, 0.5) is 4.79 Å². The monoisotopic (exact) mass is 259 g/mol. The number of primary amides is 1. The van der Waals surface area contributed by atoms with Crippen molar-refractivity contribution in [3.8, 4) is 0 Å². The van der Waals surface area contributed by atoms with Crippen molar-refractivity contribution < 1.29 is 19.5 Å². The van der Waals surface area contributed by atoms with Crippen LogP contribution >= 0.6 is 0 Å². The van der Waals surface area contributed by atoms with Crippen LogP contribution in [-0.2, 0) is 9.59 Å². The van der Waals surface area contributed by atoms with Gasteiger partial charge in [0.05, 0.1) is 0 Å². The maximum absolute atomic E-state index is 12.1. The molecule has 104 valence electrons. The van der Waals surface area contributed by atoms with E-state index < -0.39 is 17.9 Å². The number of hydrogen-bond donors (Lipinski definition) is 2. The van der Waals surface area contributed by atoms with E-state index in [9.17, 15) is 14.4 Å². The number of nitrogens with two attached hydrogens (primary N) is 1. The number of carbonyl (C=O) groups is 3. The summed E-state index contributed by atoms with van der Waals surface area (Å²) in [5.41, 5.74) is 5.05. The van der Waals surface area contributed by atoms with Crippen LogP contribution in [0.5, 0.6) is 0 Å². The lowest BCUT2D eigenvalue weighted by Crippen LogP contribution is -2.51. The molecule has 1 unspecified atom stereocenters. The van der Waals surface area contributed by atoms with Gasteiger partial charge < -0.3 is 20.6 Å². The van der Waals surface area contributed by atoms with E-state index >= 15 is 0 Å². The Morgan fingerprint density at radius 3 is 2.11 bits per heavy atom. The van der Waals surface area contributed by atoms with Crippen LogP contribution in [0.3, 0.4) is 0 Å². The molecule has 0 bridgehead atoms. The third-order valence-corrected chi connectivity index (χ3v) is 2.67. The highest BCUT2D eigenvalue weighted by atomic mass is 16.4. The molecule has 0 aliphatic heterocycles. The summed E-state index contributed by atoms with van der Waals surface area (Å²) in [4.78, 5) is 36.2. The SMILES string of the molecule is CCC(C)N(CC(=O)O)C(=O)N(CC)CC(N)=O. The highest BCUT2D eigenvalue weighted by molar-refractivity contribution is 5.85. The Hall–Kier alpha value is -1.79. The molecule has 0 aliphatic carbocycles. The van der Waals surface area contributed by atoms with E-state index in [2.05, 4.69) is 0 Å². The Morgan fingerprint density at radius 2 is 1.78 bits per heavy atom. The van der Waals surface area contributed by atoms with Crippen molar-refractivity contribution in [1.82, 2.24) is 9.80 Å². The molecule has 1 atom stereocenters. The van der Waals surface area contributed by atoms with E-state index in [4.69, 9.17) is 10.8 Å². The molecule has 0 aromatic rings. The highest BCUT2D eigenvalue weighted by Crippen LogP contribution is 2.08. The lowest BCUT2D eigenvalue weighted by Gasteiger charge is -2.32. The highest BCUT2D eigenvalue weighted by Gasteiger charge is 2.26. The summed E-state index contributed by atoms with van der Waals surface area (Å²) < 4.78 is 0. The van der Waals surface area contributed by atoms with E-state index in [1.54, 1.807) is 13.8 Å². The molecule has 7 heteroatoms. The fourth-order valence-electron chi connectivity index (χ4n) is 1.46. The van der Waals surface area contributed by atoms with Gasteiger partial charge >= 0.3 is 12.0 Å². The molecule has 0 fully saturated rings. The van der Waals surface area contributed by atoms with Crippen LogP contribution < -0.4 is 5.73 Å². The molecular weight excluding hydrogens is 238 g/mol. The van der Waals surface area contributed by atoms with Gasteiger partial charge in [-0.3, -0.25) is 9.59 Å². The quantitative estimate of drug-likeness (QED) is 0.676. The van der Waals surface area contributed by atoms with Crippen molar-refractivity contribution in [3.05, 3.63) is 0 Å². The molecule has 0 aromatic heterocycles. The van der Waals surface area contributed by atoms with Gasteiger partial charge in [-0.25, -0.2) is 4.79 Å². The van der Waals surface area contributed by atoms with Crippen LogP contribution in [-0.4, -0.2) is 58.5 Å². The van der Waals surface area contributed by atoms with Gasteiger partial charge in [0, 0.05) is 12.6 Å². The first-order valence-electron chi connectivity index (χ1n) is 5.89. The van der Waals surface area contributed by atoms with Crippen molar-refractivity contribution in [1.29, 1.82) is 0 Å². The number of rotatable bonds is 7. The second kappa shape index (κ2) is 7.52. The molecule has 0 aliphatic rings. The van der Waals surface area contributed by atoms with Crippen LogP contribution in [0.25, 0.3) is 0 Å². The standard InChI is InChI=1S/C11H21N3O4/c1-4-8(3)14(7-10(16)17)11(18)13(5-2)6-9(12)15/h8H,4-7H2,1-3H3,(H2,12,15)(H,16,17). The number of carboxylic acid groups (broad SMARTS) is 1. The van der Waals surface area contributed by atoms with E-state index in [1.807, 2.05) is 6.92 Å². The molecule has 0 spiro atoms. The maximum atomic E-state index is 12.1. The van der Waals surface area contributed by atoms with Gasteiger partial charge in [-0.1, -0.05) is 6.92 Å². The van der Waals surface area contributed by atoms with E-state index in [1.165, 1.54) is 9.80 Å². The smallest absolute Gasteiger partial charge is 0.323 e. The fourth-order valence-corrected chi connectivity index (χ4v) is 1.46. The van der Waals surface area contributed by atoms with Crippen molar-refractivity contribution >= 4 is 17.9 Å². The van der Waals surface area contributed by atoms with Crippen LogP contribution in [0.2, 0.25) is 0 Å². The number of urea groups is 1. The van der Waals surface area contributed by atoms with Gasteiger partial charge in [0.15, 0.2) is 0 Å². The van der Waals surface area contributed by atoms with Gasteiger partial charge in [0.1, 0.15) is 13.1 Å². The van der Waals surface area contributed by atoms with Gasteiger partial charge in [0.2, 0.25) is 5.91 Å². The average molecular weight is 259 g/mol. The summed E-state index contributed by atoms with van der Waals surface area (Å²) in [6.07, 6.45) is 0.632. The lowest BCUT2D eigenvalue weighted by molar-refractivity contribution is -0.138. The third-order valence-electron chi connectivity index (χ3n) is 2.67. The normalized spacial score (nSPS) is 11.7. The molecule has 0 radical (unpaired) electrons. The second-order valence-electron chi connectivity index (χ2n) is 4.04. The number of carbonyl (C=O) groups excluding carboxylic acids is 2. The van der Waals surface area contributed by atoms with Crippen molar-refractivity contribution in [2.75, 3.05) is 19.6 Å². The molecule has 0 heterocycles. The van der Waals surface area contributed by atoms with Gasteiger partial charge in [-0.15, -0.1) is 0 Å². The summed E-state index contributed by atoms with van der Waals surface area (Å²) >= 11 is 0. The lowest BCUT2D eigenvalue weighted by atomic mass is 10.2. The molecule has 7 nitrogen and oxygen atoms in total. The predicted molar refractivity (Wildman–Crippen MR) is 65.9 cm³/mol. The number of amides is 3. The Morgan fingerprint density at radius 1 is 1.22 bits per heavy atom. The Labute approximate surface area is 107 Å². The van der Waals surface area contributed by atoms with E-state index in [-0.39, 0.29) is 19.1 Å². The van der Waals surface area contributed by atoms with E-state index in [0.29, 0.717) is 13.0 Å². The first-order chi connectivity index (χ1) is 8.33. The number of hydrogen-bond acceptors (Lipinski definition) is 3. The summed E-state index contributed by atoms with van der Waals surface area (Å²) in [6.45, 7) is 5.03. The molecular formula is C11H21N3O4. The molecule has 0 aromatic carbocycles. The second-order valence-corrected chi connectivity index (χ2v) is 4.04. The van der Waals surface area contributed by atoms with Crippen molar-refractivity contribution in [2.45, 2.75) is 33.2 Å². The number of likely N-dealkylation sites (N-methyl/N-ethyl adjacent to an activating group) is 1. The third kappa shape index (κ3) is 5.03. The molecule has 0 saturated carbocycles. The summed E-state index contributed by atoms with van der Waals surface area (Å²) in [6, 6.07) is -0.691. The van der Waals surface area contributed by atoms with E-state index in [0.717, 1.165) is 0 Å². The molecule has 3 amide bonds. The number of nitrogens with zero attached hydrogens (tertiary/aromatic N) is 2. The van der Waals surface area contributed by atoms with Crippen LogP contribution in [0.15, 0.2) is 0 Å². The largest absolute Gasteiger partial charge is 0.480 e. The van der Waals surface area contributed by atoms with Gasteiger partial charge in [0.25, 0.3) is 0 Å². The zero-order valence-electron chi connectivity index (χ0n) is 11.0. The van der Waals surface area contributed by atoms with Crippen LogP contribution in [0, 0.1) is 0 Å². The first kappa shape index (κ1) is 16.2. The summed E-state index contributed by atoms with van der Waals surface area (Å²) in [5.74, 6) is -1.71.